The Hall–Kier alpha value is -5.03. The van der Waals surface area contributed by atoms with Gasteiger partial charge >= 0.3 is 6.03 Å². The maximum absolute atomic E-state index is 13.8. The first-order valence-electron chi connectivity index (χ1n) is 13.2. The summed E-state index contributed by atoms with van der Waals surface area (Å²) in [4.78, 5) is 30.1. The van der Waals surface area contributed by atoms with E-state index < -0.39 is 0 Å². The number of benzene rings is 3. The summed E-state index contributed by atoms with van der Waals surface area (Å²) in [6.45, 7) is 5.71. The Morgan fingerprint density at radius 2 is 1.55 bits per heavy atom. The Kier molecular flexibility index (Phi) is 7.56. The number of aromatic nitrogens is 1. The molecule has 0 unspecified atom stereocenters. The normalized spacial score (nSPS) is 13.1. The third kappa shape index (κ3) is 5.40. The summed E-state index contributed by atoms with van der Waals surface area (Å²) in [5.41, 5.74) is 6.59. The lowest BCUT2D eigenvalue weighted by atomic mass is 10.1. The molecule has 40 heavy (non-hydrogen) atoms. The molecular weight excluding hydrogens is 502 g/mol. The van der Waals surface area contributed by atoms with Crippen LogP contribution >= 0.6 is 0 Å². The zero-order valence-electron chi connectivity index (χ0n) is 22.8. The van der Waals surface area contributed by atoms with Gasteiger partial charge < -0.3 is 24.4 Å². The van der Waals surface area contributed by atoms with Crippen LogP contribution in [0.4, 0.5) is 10.5 Å². The topological polar surface area (TPSA) is 90.6 Å². The van der Waals surface area contributed by atoms with E-state index in [2.05, 4.69) is 47.1 Å². The maximum Gasteiger partial charge on any atom is 0.321 e. The molecule has 0 atom stereocenters. The molecule has 202 valence electrons. The fraction of sp³-hybridized carbons (Fsp3) is 0.219. The van der Waals surface area contributed by atoms with E-state index in [1.807, 2.05) is 37.3 Å². The minimum atomic E-state index is -0.245. The van der Waals surface area contributed by atoms with Crippen LogP contribution in [-0.2, 0) is 0 Å². The molecule has 1 fully saturated rings. The Labute approximate surface area is 234 Å². The number of amides is 3. The van der Waals surface area contributed by atoms with Crippen LogP contribution in [0.15, 0.2) is 78.9 Å². The second-order valence-corrected chi connectivity index (χ2v) is 9.83. The molecule has 4 aromatic rings. The minimum Gasteiger partial charge on any atom is -0.497 e. The number of methoxy groups -OCH3 is 1. The van der Waals surface area contributed by atoms with Gasteiger partial charge in [0.25, 0.3) is 5.91 Å². The Morgan fingerprint density at radius 3 is 2.20 bits per heavy atom. The Bertz CT molecular complexity index is 1570. The van der Waals surface area contributed by atoms with E-state index in [4.69, 9.17) is 10.00 Å². The van der Waals surface area contributed by atoms with E-state index in [9.17, 15) is 9.59 Å². The fourth-order valence-electron chi connectivity index (χ4n) is 4.98. The molecule has 3 aromatic carbocycles. The number of rotatable bonds is 5. The number of nitrogens with one attached hydrogen (secondary N) is 1. The zero-order chi connectivity index (χ0) is 28.2. The molecule has 0 saturated carbocycles. The standard InChI is InChI=1S/C32H31N5O3/c1-22-7-11-27(12-8-22)37-23(2)29(20-30(37)25-9-13-28(40-3)14-10-25)31(38)35-15-17-36(18-16-35)32(39)34-26-6-4-5-24(19-26)21-33/h4-14,19-20H,15-18H2,1-3H3,(H,34,39). The number of hydrogen-bond acceptors (Lipinski definition) is 4. The van der Waals surface area contributed by atoms with Crippen molar-refractivity contribution in [1.29, 1.82) is 5.26 Å². The number of ether oxygens (including phenoxy) is 1. The average Bonchev–Trinajstić information content (AvgIpc) is 3.34. The van der Waals surface area contributed by atoms with Gasteiger partial charge in [0.15, 0.2) is 0 Å². The van der Waals surface area contributed by atoms with Gasteiger partial charge in [-0.25, -0.2) is 4.79 Å². The molecule has 5 rings (SSSR count). The second kappa shape index (κ2) is 11.4. The fourth-order valence-corrected chi connectivity index (χ4v) is 4.98. The maximum atomic E-state index is 13.8. The molecule has 1 aromatic heterocycles. The molecule has 8 nitrogen and oxygen atoms in total. The van der Waals surface area contributed by atoms with Crippen molar-refractivity contribution in [3.05, 3.63) is 101 Å². The second-order valence-electron chi connectivity index (χ2n) is 9.83. The molecule has 2 heterocycles. The summed E-state index contributed by atoms with van der Waals surface area (Å²) >= 11 is 0. The number of hydrogen-bond donors (Lipinski definition) is 1. The molecule has 0 aliphatic carbocycles. The molecule has 0 bridgehead atoms. The molecule has 0 spiro atoms. The van der Waals surface area contributed by atoms with Crippen molar-refractivity contribution in [2.45, 2.75) is 13.8 Å². The van der Waals surface area contributed by atoms with Crippen molar-refractivity contribution in [3.8, 4) is 28.8 Å². The number of piperazine rings is 1. The van der Waals surface area contributed by atoms with E-state index in [-0.39, 0.29) is 11.9 Å². The van der Waals surface area contributed by atoms with Gasteiger partial charge in [-0.1, -0.05) is 23.8 Å². The van der Waals surface area contributed by atoms with E-state index in [1.165, 1.54) is 0 Å². The van der Waals surface area contributed by atoms with Crippen LogP contribution in [0.25, 0.3) is 16.9 Å². The monoisotopic (exact) mass is 533 g/mol. The van der Waals surface area contributed by atoms with Crippen LogP contribution in [0.5, 0.6) is 5.75 Å². The number of aryl methyl sites for hydroxylation is 1. The largest absolute Gasteiger partial charge is 0.497 e. The van der Waals surface area contributed by atoms with Crippen molar-refractivity contribution < 1.29 is 14.3 Å². The van der Waals surface area contributed by atoms with Crippen molar-refractivity contribution in [2.75, 3.05) is 38.6 Å². The van der Waals surface area contributed by atoms with Gasteiger partial charge in [0, 0.05) is 43.2 Å². The van der Waals surface area contributed by atoms with Crippen LogP contribution in [0.2, 0.25) is 0 Å². The minimum absolute atomic E-state index is 0.0556. The van der Waals surface area contributed by atoms with Crippen LogP contribution in [0, 0.1) is 25.2 Å². The van der Waals surface area contributed by atoms with Gasteiger partial charge in [-0.3, -0.25) is 4.79 Å². The molecule has 1 N–H and O–H groups in total. The summed E-state index contributed by atoms with van der Waals surface area (Å²) in [5.74, 6) is 0.713. The number of carbonyl (C=O) groups excluding carboxylic acids is 2. The highest BCUT2D eigenvalue weighted by atomic mass is 16.5. The third-order valence-electron chi connectivity index (χ3n) is 7.25. The van der Waals surface area contributed by atoms with Crippen molar-refractivity contribution in [3.63, 3.8) is 0 Å². The number of nitrogens with zero attached hydrogens (tertiary/aromatic N) is 4. The van der Waals surface area contributed by atoms with Crippen LogP contribution in [0.3, 0.4) is 0 Å². The highest BCUT2D eigenvalue weighted by molar-refractivity contribution is 5.98. The van der Waals surface area contributed by atoms with Gasteiger partial charge in [0.2, 0.25) is 0 Å². The third-order valence-corrected chi connectivity index (χ3v) is 7.25. The van der Waals surface area contributed by atoms with Gasteiger partial charge in [0.05, 0.1) is 30.0 Å². The number of anilines is 1. The number of carbonyl (C=O) groups is 2. The van der Waals surface area contributed by atoms with Crippen LogP contribution in [0.1, 0.15) is 27.2 Å². The summed E-state index contributed by atoms with van der Waals surface area (Å²) in [5, 5.41) is 12.0. The summed E-state index contributed by atoms with van der Waals surface area (Å²) < 4.78 is 7.45. The molecule has 1 saturated heterocycles. The van der Waals surface area contributed by atoms with E-state index in [0.29, 0.717) is 43.0 Å². The summed E-state index contributed by atoms with van der Waals surface area (Å²) in [7, 11) is 1.64. The van der Waals surface area contributed by atoms with Gasteiger partial charge in [0.1, 0.15) is 5.75 Å². The average molecular weight is 534 g/mol. The number of nitriles is 1. The molecular formula is C32H31N5O3. The molecule has 1 aliphatic rings. The smallest absolute Gasteiger partial charge is 0.321 e. The number of urea groups is 1. The quantitative estimate of drug-likeness (QED) is 0.360. The molecule has 1 aliphatic heterocycles. The van der Waals surface area contributed by atoms with Crippen molar-refractivity contribution in [2.24, 2.45) is 0 Å². The molecule has 3 amide bonds. The van der Waals surface area contributed by atoms with Crippen molar-refractivity contribution >= 4 is 17.6 Å². The van der Waals surface area contributed by atoms with E-state index in [1.54, 1.807) is 41.2 Å². The lowest BCUT2D eigenvalue weighted by Crippen LogP contribution is -2.51. The van der Waals surface area contributed by atoms with E-state index >= 15 is 0 Å². The van der Waals surface area contributed by atoms with Crippen LogP contribution < -0.4 is 10.1 Å². The first-order chi connectivity index (χ1) is 19.4. The summed E-state index contributed by atoms with van der Waals surface area (Å²) in [6.07, 6.45) is 0. The van der Waals surface area contributed by atoms with E-state index in [0.717, 1.165) is 34.0 Å². The van der Waals surface area contributed by atoms with Gasteiger partial charge in [-0.15, -0.1) is 0 Å². The lowest BCUT2D eigenvalue weighted by Gasteiger charge is -2.34. The highest BCUT2D eigenvalue weighted by Gasteiger charge is 2.28. The van der Waals surface area contributed by atoms with Crippen LogP contribution in [-0.4, -0.2) is 59.6 Å². The first-order valence-corrected chi connectivity index (χ1v) is 13.2. The summed E-state index contributed by atoms with van der Waals surface area (Å²) in [6, 6.07) is 26.7. The van der Waals surface area contributed by atoms with Gasteiger partial charge in [-0.2, -0.15) is 5.26 Å². The SMILES string of the molecule is COc1ccc(-c2cc(C(=O)N3CCN(C(=O)Nc4cccc(C#N)c4)CC3)c(C)n2-c2ccc(C)cc2)cc1. The van der Waals surface area contributed by atoms with Gasteiger partial charge in [-0.05, 0) is 80.1 Å². The predicted molar refractivity (Wildman–Crippen MR) is 155 cm³/mol. The Morgan fingerprint density at radius 1 is 0.875 bits per heavy atom. The first kappa shape index (κ1) is 26.6. The van der Waals surface area contributed by atoms with Crippen molar-refractivity contribution in [1.82, 2.24) is 14.4 Å². The molecule has 8 heteroatoms. The lowest BCUT2D eigenvalue weighted by molar-refractivity contribution is 0.0671. The Balaban J connectivity index is 1.36. The molecule has 0 radical (unpaired) electrons. The highest BCUT2D eigenvalue weighted by Crippen LogP contribution is 2.31. The predicted octanol–water partition coefficient (Wildman–Crippen LogP) is 5.63. The zero-order valence-corrected chi connectivity index (χ0v) is 22.8.